The highest BCUT2D eigenvalue weighted by molar-refractivity contribution is 5.64. The normalized spacial score (nSPS) is 19.9. The van der Waals surface area contributed by atoms with Crippen LogP contribution < -0.4 is 0 Å². The molecular weight excluding hydrogens is 248 g/mol. The van der Waals surface area contributed by atoms with Gasteiger partial charge in [-0.15, -0.1) is 0 Å². The molecule has 1 saturated heterocycles. The van der Waals surface area contributed by atoms with Crippen LogP contribution in [0.2, 0.25) is 0 Å². The van der Waals surface area contributed by atoms with E-state index in [0.717, 1.165) is 30.6 Å². The lowest BCUT2D eigenvalue weighted by Gasteiger charge is -2.23. The maximum atomic E-state index is 5.77. The van der Waals surface area contributed by atoms with Gasteiger partial charge in [0.05, 0.1) is 6.61 Å². The molecule has 1 aromatic carbocycles. The van der Waals surface area contributed by atoms with Gasteiger partial charge in [0, 0.05) is 6.61 Å². The Hall–Kier alpha value is -1.12. The van der Waals surface area contributed by atoms with Crippen LogP contribution in [0.3, 0.4) is 0 Å². The molecule has 0 bridgehead atoms. The number of rotatable bonds is 4. The van der Waals surface area contributed by atoms with E-state index < -0.39 is 0 Å². The van der Waals surface area contributed by atoms with Crippen molar-refractivity contribution in [2.45, 2.75) is 51.7 Å². The lowest BCUT2D eigenvalue weighted by atomic mass is 9.86. The van der Waals surface area contributed by atoms with Crippen molar-refractivity contribution in [2.75, 3.05) is 13.2 Å². The summed E-state index contributed by atoms with van der Waals surface area (Å²) in [6.45, 7) is 12.1. The van der Waals surface area contributed by atoms with Gasteiger partial charge in [0.1, 0.15) is 0 Å². The molecule has 0 radical (unpaired) electrons. The van der Waals surface area contributed by atoms with E-state index in [-0.39, 0.29) is 11.7 Å². The highest BCUT2D eigenvalue weighted by Gasteiger charge is 2.15. The fourth-order valence-electron chi connectivity index (χ4n) is 2.33. The summed E-state index contributed by atoms with van der Waals surface area (Å²) in [5, 5.41) is 0. The molecule has 1 aliphatic rings. The minimum absolute atomic E-state index is 0.0469. The van der Waals surface area contributed by atoms with Crippen molar-refractivity contribution in [2.24, 2.45) is 0 Å². The third-order valence-electron chi connectivity index (χ3n) is 3.74. The summed E-state index contributed by atoms with van der Waals surface area (Å²) in [6, 6.07) is 8.62. The lowest BCUT2D eigenvalue weighted by molar-refractivity contribution is -0.154. The predicted molar refractivity (Wildman–Crippen MR) is 83.7 cm³/mol. The molecule has 0 amide bonds. The molecule has 1 fully saturated rings. The average molecular weight is 274 g/mol. The van der Waals surface area contributed by atoms with Crippen LogP contribution in [-0.4, -0.2) is 19.5 Å². The van der Waals surface area contributed by atoms with Crippen molar-refractivity contribution in [1.29, 1.82) is 0 Å². The van der Waals surface area contributed by atoms with Gasteiger partial charge < -0.3 is 9.47 Å². The maximum absolute atomic E-state index is 5.77. The summed E-state index contributed by atoms with van der Waals surface area (Å²) in [5.41, 5.74) is 3.69. The second-order valence-electron chi connectivity index (χ2n) is 6.54. The first kappa shape index (κ1) is 15.3. The second kappa shape index (κ2) is 6.55. The minimum atomic E-state index is -0.0469. The van der Waals surface area contributed by atoms with Crippen molar-refractivity contribution in [1.82, 2.24) is 0 Å². The highest BCUT2D eigenvalue weighted by Crippen LogP contribution is 2.24. The number of benzene rings is 1. The van der Waals surface area contributed by atoms with Crippen molar-refractivity contribution in [3.8, 4) is 0 Å². The summed E-state index contributed by atoms with van der Waals surface area (Å²) >= 11 is 0. The maximum Gasteiger partial charge on any atom is 0.158 e. The summed E-state index contributed by atoms with van der Waals surface area (Å²) < 4.78 is 11.3. The van der Waals surface area contributed by atoms with Crippen LogP contribution in [0.5, 0.6) is 0 Å². The number of hydrogen-bond acceptors (Lipinski definition) is 2. The van der Waals surface area contributed by atoms with Gasteiger partial charge in [-0.1, -0.05) is 51.6 Å². The fourth-order valence-corrected chi connectivity index (χ4v) is 2.33. The van der Waals surface area contributed by atoms with Gasteiger partial charge in [-0.2, -0.15) is 0 Å². The topological polar surface area (TPSA) is 18.5 Å². The van der Waals surface area contributed by atoms with E-state index in [9.17, 15) is 0 Å². The molecule has 1 unspecified atom stereocenters. The van der Waals surface area contributed by atoms with E-state index in [0.29, 0.717) is 6.61 Å². The summed E-state index contributed by atoms with van der Waals surface area (Å²) in [6.07, 6.45) is 3.29. The molecule has 20 heavy (non-hydrogen) atoms. The van der Waals surface area contributed by atoms with E-state index in [2.05, 4.69) is 51.6 Å². The van der Waals surface area contributed by atoms with Crippen LogP contribution in [0.15, 0.2) is 30.8 Å². The SMILES string of the molecule is C=C(COC1CCCCO1)c1ccc(C(C)(C)C)cc1. The molecule has 2 rings (SSSR count). The molecule has 1 heterocycles. The lowest BCUT2D eigenvalue weighted by Crippen LogP contribution is -2.22. The number of hydrogen-bond donors (Lipinski definition) is 0. The quantitative estimate of drug-likeness (QED) is 0.802. The largest absolute Gasteiger partial charge is 0.353 e. The first-order chi connectivity index (χ1) is 9.47. The summed E-state index contributed by atoms with van der Waals surface area (Å²) in [7, 11) is 0. The third-order valence-corrected chi connectivity index (χ3v) is 3.74. The minimum Gasteiger partial charge on any atom is -0.353 e. The van der Waals surface area contributed by atoms with Gasteiger partial charge in [0.15, 0.2) is 6.29 Å². The van der Waals surface area contributed by atoms with Crippen LogP contribution in [0.1, 0.15) is 51.2 Å². The van der Waals surface area contributed by atoms with E-state index in [1.807, 2.05) is 0 Å². The standard InChI is InChI=1S/C18H26O2/c1-14(13-20-17-7-5-6-12-19-17)15-8-10-16(11-9-15)18(2,3)4/h8-11,17H,1,5-7,12-13H2,2-4H3. The second-order valence-corrected chi connectivity index (χ2v) is 6.54. The highest BCUT2D eigenvalue weighted by atomic mass is 16.7. The molecule has 0 spiro atoms. The molecule has 0 N–H and O–H groups in total. The molecule has 0 aromatic heterocycles. The Labute approximate surface area is 122 Å². The van der Waals surface area contributed by atoms with Crippen molar-refractivity contribution in [3.63, 3.8) is 0 Å². The molecule has 1 aliphatic heterocycles. The fraction of sp³-hybridized carbons (Fsp3) is 0.556. The van der Waals surface area contributed by atoms with Gasteiger partial charge in [-0.05, 0) is 41.4 Å². The predicted octanol–water partition coefficient (Wildman–Crippen LogP) is 4.54. The van der Waals surface area contributed by atoms with Crippen molar-refractivity contribution < 1.29 is 9.47 Å². The Morgan fingerprint density at radius 1 is 1.25 bits per heavy atom. The molecule has 2 heteroatoms. The third kappa shape index (κ3) is 4.19. The Kier molecular flexibility index (Phi) is 5.00. The van der Waals surface area contributed by atoms with Crippen molar-refractivity contribution in [3.05, 3.63) is 42.0 Å². The van der Waals surface area contributed by atoms with E-state index in [1.54, 1.807) is 0 Å². The molecule has 2 nitrogen and oxygen atoms in total. The van der Waals surface area contributed by atoms with E-state index in [1.165, 1.54) is 12.0 Å². The molecule has 1 aromatic rings. The van der Waals surface area contributed by atoms with Gasteiger partial charge in [-0.25, -0.2) is 0 Å². The van der Waals surface area contributed by atoms with Crippen LogP contribution in [0, 0.1) is 0 Å². The zero-order valence-corrected chi connectivity index (χ0v) is 12.9. The van der Waals surface area contributed by atoms with Crippen LogP contribution >= 0.6 is 0 Å². The van der Waals surface area contributed by atoms with Crippen LogP contribution in [0.25, 0.3) is 5.57 Å². The number of ether oxygens (including phenoxy) is 2. The van der Waals surface area contributed by atoms with Crippen molar-refractivity contribution >= 4 is 5.57 Å². The first-order valence-corrected chi connectivity index (χ1v) is 7.49. The monoisotopic (exact) mass is 274 g/mol. The van der Waals surface area contributed by atoms with E-state index >= 15 is 0 Å². The zero-order chi connectivity index (χ0) is 14.6. The average Bonchev–Trinajstić information content (AvgIpc) is 2.45. The van der Waals surface area contributed by atoms with E-state index in [4.69, 9.17) is 9.47 Å². The Bertz CT molecular complexity index is 433. The first-order valence-electron chi connectivity index (χ1n) is 7.49. The summed E-state index contributed by atoms with van der Waals surface area (Å²) in [5.74, 6) is 0. The van der Waals surface area contributed by atoms with Gasteiger partial charge >= 0.3 is 0 Å². The Balaban J connectivity index is 1.89. The molecule has 0 saturated carbocycles. The van der Waals surface area contributed by atoms with Gasteiger partial charge in [0.25, 0.3) is 0 Å². The van der Waals surface area contributed by atoms with Gasteiger partial charge in [0.2, 0.25) is 0 Å². The Morgan fingerprint density at radius 3 is 2.50 bits per heavy atom. The molecule has 110 valence electrons. The molecule has 0 aliphatic carbocycles. The molecular formula is C18H26O2. The van der Waals surface area contributed by atoms with Crippen LogP contribution in [-0.2, 0) is 14.9 Å². The zero-order valence-electron chi connectivity index (χ0n) is 12.9. The van der Waals surface area contributed by atoms with Gasteiger partial charge in [-0.3, -0.25) is 0 Å². The van der Waals surface area contributed by atoms with Crippen LogP contribution in [0.4, 0.5) is 0 Å². The summed E-state index contributed by atoms with van der Waals surface area (Å²) in [4.78, 5) is 0. The Morgan fingerprint density at radius 2 is 1.95 bits per heavy atom. The smallest absolute Gasteiger partial charge is 0.158 e. The molecule has 1 atom stereocenters.